The minimum absolute atomic E-state index is 0.0960. The topological polar surface area (TPSA) is 94.1 Å². The van der Waals surface area contributed by atoms with Gasteiger partial charge < -0.3 is 19.3 Å². The van der Waals surface area contributed by atoms with Gasteiger partial charge in [-0.25, -0.2) is 4.18 Å². The third-order valence-corrected chi connectivity index (χ3v) is 3.65. The van der Waals surface area contributed by atoms with Crippen LogP contribution in [0.4, 0.5) is 0 Å². The summed E-state index contributed by atoms with van der Waals surface area (Å²) in [5.74, 6) is -0.0315. The summed E-state index contributed by atoms with van der Waals surface area (Å²) in [6.45, 7) is -0.394. The van der Waals surface area contributed by atoms with Crippen molar-refractivity contribution in [3.05, 3.63) is 23.8 Å². The highest BCUT2D eigenvalue weighted by Crippen LogP contribution is 2.32. The molecule has 0 saturated carbocycles. The van der Waals surface area contributed by atoms with E-state index in [1.807, 2.05) is 0 Å². The van der Waals surface area contributed by atoms with E-state index in [1.54, 1.807) is 7.05 Å². The third kappa shape index (κ3) is 7.30. The lowest BCUT2D eigenvalue weighted by Gasteiger charge is -2.15. The standard InChI is InChI=1S/C12H16Cl3NO6S/c1-16-6-9(17)8-3-4-10(11(5-8)20-2)22-23(18,19)21-7-12(13,14)15/h3-5,9,16-17H,6-7H2,1-2H3. The number of halogens is 3. The summed E-state index contributed by atoms with van der Waals surface area (Å²) >= 11 is 16.2. The third-order valence-electron chi connectivity index (χ3n) is 2.53. The number of ether oxygens (including phenoxy) is 1. The van der Waals surface area contributed by atoms with E-state index < -0.39 is 26.9 Å². The maximum absolute atomic E-state index is 11.7. The zero-order chi connectivity index (χ0) is 17.7. The van der Waals surface area contributed by atoms with Crippen molar-refractivity contribution in [3.8, 4) is 11.5 Å². The minimum Gasteiger partial charge on any atom is -0.493 e. The monoisotopic (exact) mass is 407 g/mol. The molecule has 0 aliphatic heterocycles. The molecule has 23 heavy (non-hydrogen) atoms. The Kier molecular flexibility index (Phi) is 7.66. The van der Waals surface area contributed by atoms with Gasteiger partial charge in [0, 0.05) is 6.54 Å². The maximum Gasteiger partial charge on any atom is 0.449 e. The van der Waals surface area contributed by atoms with Gasteiger partial charge in [-0.05, 0) is 24.7 Å². The second-order valence-electron chi connectivity index (χ2n) is 4.35. The predicted molar refractivity (Wildman–Crippen MR) is 87.7 cm³/mol. The number of aliphatic hydroxyl groups excluding tert-OH is 1. The fourth-order valence-corrected chi connectivity index (χ4v) is 2.63. The second-order valence-corrected chi connectivity index (χ2v) is 8.09. The summed E-state index contributed by atoms with van der Waals surface area (Å²) in [6.07, 6.45) is -0.792. The van der Waals surface area contributed by atoms with Crippen LogP contribution in [0.3, 0.4) is 0 Å². The van der Waals surface area contributed by atoms with Gasteiger partial charge in [-0.3, -0.25) is 0 Å². The lowest BCUT2D eigenvalue weighted by Crippen LogP contribution is -2.21. The first-order chi connectivity index (χ1) is 10.6. The summed E-state index contributed by atoms with van der Waals surface area (Å²) in [6, 6.07) is 4.26. The van der Waals surface area contributed by atoms with Gasteiger partial charge in [0.15, 0.2) is 11.5 Å². The van der Waals surface area contributed by atoms with Crippen LogP contribution in [0.2, 0.25) is 0 Å². The van der Waals surface area contributed by atoms with Gasteiger partial charge in [0.05, 0.1) is 13.2 Å². The van der Waals surface area contributed by atoms with Crippen LogP contribution >= 0.6 is 34.8 Å². The number of rotatable bonds is 8. The van der Waals surface area contributed by atoms with E-state index in [9.17, 15) is 13.5 Å². The summed E-state index contributed by atoms with van der Waals surface area (Å²) in [7, 11) is -1.44. The SMILES string of the molecule is CNCC(O)c1ccc(OS(=O)(=O)OCC(Cl)(Cl)Cl)c(OC)c1. The van der Waals surface area contributed by atoms with Gasteiger partial charge in [-0.1, -0.05) is 40.9 Å². The first-order valence-corrected chi connectivity index (χ1v) is 8.71. The van der Waals surface area contributed by atoms with Crippen molar-refractivity contribution in [1.82, 2.24) is 5.32 Å². The normalized spacial score (nSPS) is 13.7. The zero-order valence-electron chi connectivity index (χ0n) is 12.3. The molecule has 0 amide bonds. The molecule has 1 aromatic carbocycles. The highest BCUT2D eigenvalue weighted by atomic mass is 35.6. The molecule has 0 radical (unpaired) electrons. The van der Waals surface area contributed by atoms with Crippen LogP contribution in [0.1, 0.15) is 11.7 Å². The Morgan fingerprint density at radius 2 is 1.96 bits per heavy atom. The van der Waals surface area contributed by atoms with Crippen molar-refractivity contribution in [1.29, 1.82) is 0 Å². The fraction of sp³-hybridized carbons (Fsp3) is 0.500. The molecule has 0 heterocycles. The van der Waals surface area contributed by atoms with E-state index in [0.29, 0.717) is 12.1 Å². The van der Waals surface area contributed by atoms with Crippen molar-refractivity contribution < 1.29 is 26.6 Å². The van der Waals surface area contributed by atoms with Crippen LogP contribution in [0.25, 0.3) is 0 Å². The summed E-state index contributed by atoms with van der Waals surface area (Å²) < 4.78 is 35.8. The van der Waals surface area contributed by atoms with Gasteiger partial charge in [-0.15, -0.1) is 0 Å². The average molecular weight is 409 g/mol. The molecule has 2 N–H and O–H groups in total. The number of benzene rings is 1. The van der Waals surface area contributed by atoms with Crippen LogP contribution in [-0.2, 0) is 14.6 Å². The van der Waals surface area contributed by atoms with Crippen LogP contribution in [0.15, 0.2) is 18.2 Å². The molecule has 0 saturated heterocycles. The molecule has 1 unspecified atom stereocenters. The Bertz CT molecular complexity index is 620. The van der Waals surface area contributed by atoms with Crippen LogP contribution in [0, 0.1) is 0 Å². The van der Waals surface area contributed by atoms with E-state index in [-0.39, 0.29) is 11.5 Å². The molecule has 0 aliphatic rings. The number of likely N-dealkylation sites (N-methyl/N-ethyl adjacent to an activating group) is 1. The molecule has 132 valence electrons. The van der Waals surface area contributed by atoms with E-state index >= 15 is 0 Å². The largest absolute Gasteiger partial charge is 0.493 e. The first kappa shape index (κ1) is 20.6. The van der Waals surface area contributed by atoms with Gasteiger partial charge in [0.1, 0.15) is 6.61 Å². The van der Waals surface area contributed by atoms with Gasteiger partial charge in [0.25, 0.3) is 0 Å². The van der Waals surface area contributed by atoms with E-state index in [4.69, 9.17) is 43.7 Å². The van der Waals surface area contributed by atoms with E-state index in [1.165, 1.54) is 25.3 Å². The number of nitrogens with one attached hydrogen (secondary N) is 1. The van der Waals surface area contributed by atoms with Crippen molar-refractivity contribution in [3.63, 3.8) is 0 Å². The molecule has 0 bridgehead atoms. The Labute approximate surface area is 149 Å². The summed E-state index contributed by atoms with van der Waals surface area (Å²) in [5.41, 5.74) is 0.517. The predicted octanol–water partition coefficient (Wildman–Crippen LogP) is 1.96. The highest BCUT2D eigenvalue weighted by molar-refractivity contribution is 7.82. The Morgan fingerprint density at radius 1 is 1.30 bits per heavy atom. The summed E-state index contributed by atoms with van der Waals surface area (Å²) in [5, 5.41) is 12.7. The minimum atomic E-state index is -4.45. The number of methoxy groups -OCH3 is 1. The number of hydrogen-bond donors (Lipinski definition) is 2. The van der Waals surface area contributed by atoms with Crippen molar-refractivity contribution in [2.75, 3.05) is 27.3 Å². The number of aliphatic hydroxyl groups is 1. The molecule has 1 atom stereocenters. The molecule has 0 aromatic heterocycles. The molecular formula is C12H16Cl3NO6S. The van der Waals surface area contributed by atoms with Gasteiger partial charge >= 0.3 is 10.4 Å². The molecule has 0 aliphatic carbocycles. The molecule has 0 fully saturated rings. The fourth-order valence-electron chi connectivity index (χ4n) is 1.54. The van der Waals surface area contributed by atoms with Crippen molar-refractivity contribution in [2.45, 2.75) is 9.90 Å². The van der Waals surface area contributed by atoms with E-state index in [0.717, 1.165) is 0 Å². The quantitative estimate of drug-likeness (QED) is 0.635. The van der Waals surface area contributed by atoms with Crippen LogP contribution in [0.5, 0.6) is 11.5 Å². The molecule has 7 nitrogen and oxygen atoms in total. The molecule has 11 heteroatoms. The first-order valence-electron chi connectivity index (χ1n) is 6.24. The maximum atomic E-state index is 11.7. The highest BCUT2D eigenvalue weighted by Gasteiger charge is 2.26. The second kappa shape index (κ2) is 8.57. The number of alkyl halides is 3. The molecular weight excluding hydrogens is 393 g/mol. The molecule has 1 rings (SSSR count). The zero-order valence-corrected chi connectivity index (χ0v) is 15.3. The van der Waals surface area contributed by atoms with Crippen molar-refractivity contribution >= 4 is 45.2 Å². The summed E-state index contributed by atoms with van der Waals surface area (Å²) in [4.78, 5) is 0. The van der Waals surface area contributed by atoms with Crippen LogP contribution < -0.4 is 14.2 Å². The van der Waals surface area contributed by atoms with Crippen LogP contribution in [-0.4, -0.2) is 44.6 Å². The molecule has 1 aromatic rings. The Hall–Kier alpha value is -0.480. The van der Waals surface area contributed by atoms with E-state index in [2.05, 4.69) is 9.50 Å². The average Bonchev–Trinajstić information content (AvgIpc) is 2.45. The molecule has 0 spiro atoms. The Morgan fingerprint density at radius 3 is 2.48 bits per heavy atom. The lowest BCUT2D eigenvalue weighted by atomic mass is 10.1. The smallest absolute Gasteiger partial charge is 0.449 e. The van der Waals surface area contributed by atoms with Gasteiger partial charge in [-0.2, -0.15) is 8.42 Å². The lowest BCUT2D eigenvalue weighted by molar-refractivity contribution is 0.177. The Balaban J connectivity index is 2.92. The van der Waals surface area contributed by atoms with Gasteiger partial charge in [0.2, 0.25) is 3.79 Å². The van der Waals surface area contributed by atoms with Crippen molar-refractivity contribution in [2.24, 2.45) is 0 Å². The number of hydrogen-bond acceptors (Lipinski definition) is 7.